The van der Waals surface area contributed by atoms with Gasteiger partial charge in [0, 0.05) is 12.8 Å². The van der Waals surface area contributed by atoms with Crippen molar-refractivity contribution in [1.82, 2.24) is 5.32 Å². The molecule has 1 amide bonds. The number of carboxylic acids is 1. The van der Waals surface area contributed by atoms with Crippen molar-refractivity contribution in [2.45, 2.75) is 219 Å². The fourth-order valence-corrected chi connectivity index (χ4v) is 6.48. The lowest BCUT2D eigenvalue weighted by Gasteiger charge is -2.18. The van der Waals surface area contributed by atoms with Gasteiger partial charge in [0.2, 0.25) is 5.91 Å². The van der Waals surface area contributed by atoms with Crippen LogP contribution in [-0.4, -0.2) is 41.6 Å². The quantitative estimate of drug-likeness (QED) is 0.0324. The van der Waals surface area contributed by atoms with E-state index >= 15 is 0 Å². The topological polar surface area (TPSA) is 119 Å². The van der Waals surface area contributed by atoms with Crippen molar-refractivity contribution in [3.63, 3.8) is 0 Å². The molecule has 0 rings (SSSR count). The third kappa shape index (κ3) is 39.1. The summed E-state index contributed by atoms with van der Waals surface area (Å²) in [5.74, 6) is -1.27. The molecule has 0 fully saturated rings. The molecule has 7 nitrogen and oxygen atoms in total. The number of carboxylic acid groups (broad SMARTS) is 1. The number of nitrogens with two attached hydrogens (primary N) is 1. The summed E-state index contributed by atoms with van der Waals surface area (Å²) in [6.45, 7) is 4.83. The Morgan fingerprint density at radius 1 is 0.545 bits per heavy atom. The molecule has 0 aromatic rings. The van der Waals surface area contributed by atoms with Crippen LogP contribution in [0.25, 0.3) is 0 Å². The van der Waals surface area contributed by atoms with Gasteiger partial charge in [-0.1, -0.05) is 158 Å². The molecule has 0 spiro atoms. The van der Waals surface area contributed by atoms with Crippen LogP contribution in [0, 0.1) is 0 Å². The number of unbranched alkanes of at least 4 members (excludes halogenated alkanes) is 16. The van der Waals surface area contributed by atoms with Gasteiger partial charge in [-0.15, -0.1) is 0 Å². The van der Waals surface area contributed by atoms with Crippen LogP contribution < -0.4 is 11.1 Å². The molecule has 2 atom stereocenters. The van der Waals surface area contributed by atoms with E-state index in [9.17, 15) is 19.5 Å². The van der Waals surface area contributed by atoms with Crippen LogP contribution in [0.3, 0.4) is 0 Å². The first kappa shape index (κ1) is 52.1. The van der Waals surface area contributed by atoms with Gasteiger partial charge in [0.15, 0.2) is 0 Å². The molecular weight excluding hydrogens is 685 g/mol. The molecule has 55 heavy (non-hydrogen) atoms. The van der Waals surface area contributed by atoms with E-state index in [4.69, 9.17) is 10.5 Å². The third-order valence-corrected chi connectivity index (χ3v) is 9.85. The molecule has 0 bridgehead atoms. The molecule has 7 heteroatoms. The van der Waals surface area contributed by atoms with Gasteiger partial charge in [0.1, 0.15) is 12.1 Å². The highest BCUT2D eigenvalue weighted by Crippen LogP contribution is 2.19. The average molecular weight is 769 g/mol. The monoisotopic (exact) mass is 769 g/mol. The van der Waals surface area contributed by atoms with Gasteiger partial charge in [0.25, 0.3) is 0 Å². The van der Waals surface area contributed by atoms with Crippen molar-refractivity contribution in [1.29, 1.82) is 0 Å². The Morgan fingerprint density at radius 2 is 1.00 bits per heavy atom. The van der Waals surface area contributed by atoms with Crippen LogP contribution in [0.4, 0.5) is 0 Å². The van der Waals surface area contributed by atoms with Gasteiger partial charge in [-0.2, -0.15) is 0 Å². The van der Waals surface area contributed by atoms with E-state index in [2.05, 4.69) is 79.9 Å². The number of allylic oxidation sites excluding steroid dienone is 10. The number of carbonyl (C=O) groups excluding carboxylic acids is 2. The summed E-state index contributed by atoms with van der Waals surface area (Å²) in [7, 11) is 0. The molecule has 0 radical (unpaired) electrons. The Labute approximate surface area is 338 Å². The lowest BCUT2D eigenvalue weighted by atomic mass is 10.0. The van der Waals surface area contributed by atoms with Gasteiger partial charge >= 0.3 is 11.9 Å². The van der Waals surface area contributed by atoms with Crippen LogP contribution in [0.2, 0.25) is 0 Å². The predicted molar refractivity (Wildman–Crippen MR) is 234 cm³/mol. The van der Waals surface area contributed by atoms with Crippen LogP contribution in [-0.2, 0) is 19.1 Å². The van der Waals surface area contributed by atoms with E-state index in [0.29, 0.717) is 32.2 Å². The van der Waals surface area contributed by atoms with Crippen molar-refractivity contribution >= 4 is 17.8 Å². The average Bonchev–Trinajstić information content (AvgIpc) is 3.17. The zero-order valence-electron chi connectivity index (χ0n) is 35.5. The SMILES string of the molecule is CC/C=C\C/C=C\C/C=C\C/C=C\C/C=C\CCCCCC(=O)OC(CCCCCCCCCCCC)CCCCCCCC(=O)NC(CCCN)C(=O)O. The van der Waals surface area contributed by atoms with Gasteiger partial charge < -0.3 is 20.9 Å². The van der Waals surface area contributed by atoms with Crippen LogP contribution in [0.15, 0.2) is 60.8 Å². The molecule has 0 saturated carbocycles. The Hall–Kier alpha value is -2.93. The smallest absolute Gasteiger partial charge is 0.326 e. The molecule has 0 aliphatic heterocycles. The lowest BCUT2D eigenvalue weighted by Crippen LogP contribution is -2.40. The second-order valence-corrected chi connectivity index (χ2v) is 15.1. The standard InChI is InChI=1S/C48H84N2O5/c1-3-5-7-9-11-13-15-16-17-18-19-20-21-22-23-25-27-32-36-42-47(52)55-44(38-33-29-26-24-14-12-10-8-6-4-2)39-34-30-28-31-35-41-46(51)50-45(48(53)54)40-37-43-49/h5,7,11,13,16-17,19-20,22-23,44-45H,3-4,6,8-10,12,14-15,18,21,24-43,49H2,1-2H3,(H,50,51)(H,53,54)/b7-5-,13-11-,17-16-,20-19-,23-22-. The number of rotatable bonds is 40. The van der Waals surface area contributed by atoms with Gasteiger partial charge in [0.05, 0.1) is 0 Å². The molecule has 4 N–H and O–H groups in total. The molecule has 0 saturated heterocycles. The van der Waals surface area contributed by atoms with E-state index < -0.39 is 12.0 Å². The number of amides is 1. The molecule has 0 aromatic carbocycles. The van der Waals surface area contributed by atoms with E-state index in [1.807, 2.05) is 0 Å². The minimum atomic E-state index is -1.01. The summed E-state index contributed by atoms with van der Waals surface area (Å²) in [6, 6.07) is -0.860. The number of nitrogens with one attached hydrogen (secondary N) is 1. The number of esters is 1. The number of ether oxygens (including phenoxy) is 1. The number of hydrogen-bond donors (Lipinski definition) is 3. The molecule has 316 valence electrons. The molecular formula is C48H84N2O5. The highest BCUT2D eigenvalue weighted by atomic mass is 16.5. The zero-order valence-corrected chi connectivity index (χ0v) is 35.5. The largest absolute Gasteiger partial charge is 0.480 e. The lowest BCUT2D eigenvalue weighted by molar-refractivity contribution is -0.150. The van der Waals surface area contributed by atoms with Crippen molar-refractivity contribution in [3.8, 4) is 0 Å². The summed E-state index contributed by atoms with van der Waals surface area (Å²) >= 11 is 0. The first-order valence-electron chi connectivity index (χ1n) is 22.6. The van der Waals surface area contributed by atoms with Crippen LogP contribution in [0.1, 0.15) is 206 Å². The Morgan fingerprint density at radius 3 is 1.51 bits per heavy atom. The number of carbonyl (C=O) groups is 3. The fraction of sp³-hybridized carbons (Fsp3) is 0.729. The highest BCUT2D eigenvalue weighted by Gasteiger charge is 2.19. The summed E-state index contributed by atoms with van der Waals surface area (Å²) in [5, 5.41) is 11.9. The van der Waals surface area contributed by atoms with Crippen LogP contribution in [0.5, 0.6) is 0 Å². The van der Waals surface area contributed by atoms with Crippen molar-refractivity contribution < 1.29 is 24.2 Å². The maximum absolute atomic E-state index is 12.8. The summed E-state index contributed by atoms with van der Waals surface area (Å²) in [6.07, 6.45) is 52.6. The minimum Gasteiger partial charge on any atom is -0.480 e. The fourth-order valence-electron chi connectivity index (χ4n) is 6.48. The van der Waals surface area contributed by atoms with Gasteiger partial charge in [-0.25, -0.2) is 4.79 Å². The number of hydrogen-bond acceptors (Lipinski definition) is 5. The van der Waals surface area contributed by atoms with Crippen molar-refractivity contribution in [2.24, 2.45) is 5.73 Å². The van der Waals surface area contributed by atoms with Crippen molar-refractivity contribution in [3.05, 3.63) is 60.8 Å². The highest BCUT2D eigenvalue weighted by molar-refractivity contribution is 5.83. The minimum absolute atomic E-state index is 0.00455. The molecule has 0 aliphatic rings. The van der Waals surface area contributed by atoms with Gasteiger partial charge in [-0.05, 0) is 103 Å². The third-order valence-electron chi connectivity index (χ3n) is 9.85. The van der Waals surface area contributed by atoms with E-state index in [1.54, 1.807) is 0 Å². The first-order valence-corrected chi connectivity index (χ1v) is 22.6. The van der Waals surface area contributed by atoms with E-state index in [1.165, 1.54) is 57.8 Å². The maximum atomic E-state index is 12.8. The molecule has 0 heterocycles. The Balaban J connectivity index is 4.33. The molecule has 0 aromatic heterocycles. The van der Waals surface area contributed by atoms with E-state index in [0.717, 1.165) is 109 Å². The maximum Gasteiger partial charge on any atom is 0.326 e. The van der Waals surface area contributed by atoms with Gasteiger partial charge in [-0.3, -0.25) is 9.59 Å². The van der Waals surface area contributed by atoms with E-state index in [-0.39, 0.29) is 18.0 Å². The molecule has 0 aliphatic carbocycles. The predicted octanol–water partition coefficient (Wildman–Crippen LogP) is 13.0. The second-order valence-electron chi connectivity index (χ2n) is 15.1. The zero-order chi connectivity index (χ0) is 40.3. The van der Waals surface area contributed by atoms with Crippen molar-refractivity contribution in [2.75, 3.05) is 6.54 Å². The first-order chi connectivity index (χ1) is 26.9. The van der Waals surface area contributed by atoms with Crippen LogP contribution >= 0.6 is 0 Å². The Bertz CT molecular complexity index is 1050. The summed E-state index contributed by atoms with van der Waals surface area (Å²) in [4.78, 5) is 36.4. The number of aliphatic carboxylic acids is 1. The second kappa shape index (κ2) is 42.2. The summed E-state index contributed by atoms with van der Waals surface area (Å²) in [5.41, 5.74) is 5.49. The normalized spacial score (nSPS) is 13.2. The Kier molecular flexibility index (Phi) is 40.0. The summed E-state index contributed by atoms with van der Waals surface area (Å²) < 4.78 is 6.03. The molecule has 2 unspecified atom stereocenters.